The molecule has 0 saturated carbocycles. The summed E-state index contributed by atoms with van der Waals surface area (Å²) < 4.78 is 5.16. The molecule has 0 saturated heterocycles. The minimum Gasteiger partial charge on any atom is -0.484 e. The lowest BCUT2D eigenvalue weighted by atomic mass is 10.4. The normalized spacial score (nSPS) is 14.5. The molecule has 1 rings (SSSR count). The van der Waals surface area contributed by atoms with Crippen molar-refractivity contribution in [2.24, 2.45) is 0 Å². The molecule has 1 aliphatic rings. The first kappa shape index (κ1) is 17.1. The number of thiol groups is 1. The van der Waals surface area contributed by atoms with Gasteiger partial charge in [-0.1, -0.05) is 40.5 Å². The molecule has 0 spiro atoms. The number of unbranched alkanes of at least 4 members (excludes halogenated alkanes) is 1. The van der Waals surface area contributed by atoms with E-state index >= 15 is 0 Å². The van der Waals surface area contributed by atoms with Gasteiger partial charge >= 0.3 is 0 Å². The van der Waals surface area contributed by atoms with Crippen molar-refractivity contribution in [3.05, 3.63) is 10.8 Å². The summed E-state index contributed by atoms with van der Waals surface area (Å²) in [5.74, 6) is 0. The lowest BCUT2D eigenvalue weighted by Crippen LogP contribution is -2.26. The second kappa shape index (κ2) is 11.8. The van der Waals surface area contributed by atoms with Crippen molar-refractivity contribution < 1.29 is 4.74 Å². The van der Waals surface area contributed by atoms with E-state index in [1.54, 1.807) is 0 Å². The summed E-state index contributed by atoms with van der Waals surface area (Å²) in [6, 6.07) is 0. The number of likely N-dealkylation sites (N-methyl/N-ethyl adjacent to an activating group) is 1. The first-order valence-corrected chi connectivity index (χ1v) is 6.31. The van der Waals surface area contributed by atoms with Crippen molar-refractivity contribution in [3.8, 4) is 0 Å². The zero-order valence-corrected chi connectivity index (χ0v) is 12.0. The molecule has 0 atom stereocenters. The van der Waals surface area contributed by atoms with Gasteiger partial charge in [0, 0.05) is 7.05 Å². The van der Waals surface area contributed by atoms with Crippen molar-refractivity contribution in [1.82, 2.24) is 4.90 Å². The van der Waals surface area contributed by atoms with Crippen LogP contribution in [-0.2, 0) is 4.74 Å². The van der Waals surface area contributed by atoms with Gasteiger partial charge in [0.1, 0.15) is 6.61 Å². The predicted molar refractivity (Wildman–Crippen MR) is 72.2 cm³/mol. The van der Waals surface area contributed by atoms with E-state index in [2.05, 4.69) is 31.4 Å². The highest BCUT2D eigenvalue weighted by molar-refractivity contribution is 7.84. The first-order valence-electron chi connectivity index (χ1n) is 5.87. The summed E-state index contributed by atoms with van der Waals surface area (Å²) >= 11 is 4.13. The molecule has 2 nitrogen and oxygen atoms in total. The summed E-state index contributed by atoms with van der Waals surface area (Å²) in [7, 11) is 2.04. The molecule has 1 heterocycles. The quantitative estimate of drug-likeness (QED) is 0.690. The van der Waals surface area contributed by atoms with E-state index in [0.717, 1.165) is 23.9 Å². The second-order valence-corrected chi connectivity index (χ2v) is 3.57. The molecule has 0 unspecified atom stereocenters. The van der Waals surface area contributed by atoms with Gasteiger partial charge in [0.05, 0.1) is 12.2 Å². The molecule has 0 aromatic heterocycles. The van der Waals surface area contributed by atoms with E-state index in [1.165, 1.54) is 12.8 Å². The second-order valence-electron chi connectivity index (χ2n) is 3.16. The van der Waals surface area contributed by atoms with E-state index in [1.807, 2.05) is 27.8 Å². The molecule has 0 aromatic rings. The topological polar surface area (TPSA) is 12.5 Å². The van der Waals surface area contributed by atoms with Gasteiger partial charge in [-0.2, -0.15) is 0 Å². The molecule has 0 fully saturated rings. The van der Waals surface area contributed by atoms with Crippen LogP contribution in [0.2, 0.25) is 0 Å². The summed E-state index contributed by atoms with van der Waals surface area (Å²) in [4.78, 5) is 2.13. The van der Waals surface area contributed by atoms with Crippen molar-refractivity contribution in [3.63, 3.8) is 0 Å². The zero-order chi connectivity index (χ0) is 12.3. The maximum atomic E-state index is 5.16. The van der Waals surface area contributed by atoms with Gasteiger partial charge in [-0.25, -0.2) is 0 Å². The number of hydrogen-bond donors (Lipinski definition) is 1. The lowest BCUT2D eigenvalue weighted by molar-refractivity contribution is 0.165. The summed E-state index contributed by atoms with van der Waals surface area (Å²) in [5.41, 5.74) is 1.12. The third kappa shape index (κ3) is 8.67. The van der Waals surface area contributed by atoms with Crippen LogP contribution in [-0.4, -0.2) is 25.1 Å². The van der Waals surface area contributed by atoms with Gasteiger partial charge in [0.25, 0.3) is 0 Å². The average Bonchev–Trinajstić information content (AvgIpc) is 2.29. The van der Waals surface area contributed by atoms with Crippen molar-refractivity contribution in [1.29, 1.82) is 0 Å². The van der Waals surface area contributed by atoms with Crippen LogP contribution in [0.5, 0.6) is 0 Å². The standard InChI is InChI=1S/C6H11NOS.C4H10.C2H6/c1-5-6(9)8-4-3-7(5)2;1-3-4-2;1-2/h9H,3-4H2,1-2H3;3-4H2,1-2H3;1-2H3. The fourth-order valence-electron chi connectivity index (χ4n) is 0.715. The first-order chi connectivity index (χ1) is 7.13. The van der Waals surface area contributed by atoms with Crippen molar-refractivity contribution >= 4 is 12.6 Å². The van der Waals surface area contributed by atoms with Gasteiger partial charge in [-0.05, 0) is 6.92 Å². The van der Waals surface area contributed by atoms with Crippen LogP contribution < -0.4 is 0 Å². The molecule has 92 valence electrons. The molecule has 0 aromatic carbocycles. The molecule has 15 heavy (non-hydrogen) atoms. The summed E-state index contributed by atoms with van der Waals surface area (Å²) in [6.07, 6.45) is 2.64. The maximum Gasteiger partial charge on any atom is 0.169 e. The average molecular weight is 233 g/mol. The van der Waals surface area contributed by atoms with Gasteiger partial charge < -0.3 is 9.64 Å². The summed E-state index contributed by atoms with van der Waals surface area (Å²) in [5, 5.41) is 0.753. The highest BCUT2D eigenvalue weighted by Crippen LogP contribution is 2.16. The Bertz CT molecular complexity index is 167. The molecule has 0 bridgehead atoms. The molecule has 1 aliphatic heterocycles. The van der Waals surface area contributed by atoms with Crippen molar-refractivity contribution in [2.75, 3.05) is 20.2 Å². The Labute approximate surface area is 101 Å². The van der Waals surface area contributed by atoms with Crippen LogP contribution in [0.4, 0.5) is 0 Å². The highest BCUT2D eigenvalue weighted by Gasteiger charge is 2.10. The van der Waals surface area contributed by atoms with Crippen LogP contribution in [0.1, 0.15) is 47.5 Å². The van der Waals surface area contributed by atoms with Crippen LogP contribution in [0.3, 0.4) is 0 Å². The number of allylic oxidation sites excluding steroid dienone is 1. The van der Waals surface area contributed by atoms with E-state index in [4.69, 9.17) is 4.74 Å². The molecular formula is C12H27NOS. The zero-order valence-electron chi connectivity index (χ0n) is 11.1. The highest BCUT2D eigenvalue weighted by atomic mass is 32.1. The monoisotopic (exact) mass is 233 g/mol. The number of rotatable bonds is 1. The SMILES string of the molecule is CC.CC1=C(S)OCCN1C.CCCC. The fraction of sp³-hybridized carbons (Fsp3) is 0.833. The largest absolute Gasteiger partial charge is 0.484 e. The number of ether oxygens (including phenoxy) is 1. The smallest absolute Gasteiger partial charge is 0.169 e. The summed E-state index contributed by atoms with van der Waals surface area (Å²) in [6.45, 7) is 12.1. The maximum absolute atomic E-state index is 5.16. The molecule has 0 radical (unpaired) electrons. The van der Waals surface area contributed by atoms with Gasteiger partial charge in [-0.15, -0.1) is 12.6 Å². The van der Waals surface area contributed by atoms with E-state index < -0.39 is 0 Å². The Balaban J connectivity index is 0. The predicted octanol–water partition coefficient (Wildman–Crippen LogP) is 3.90. The third-order valence-corrected chi connectivity index (χ3v) is 2.50. The van der Waals surface area contributed by atoms with Crippen molar-refractivity contribution in [2.45, 2.75) is 47.5 Å². The Kier molecular flexibility index (Phi) is 13.4. The van der Waals surface area contributed by atoms with Crippen LogP contribution in [0, 0.1) is 0 Å². The van der Waals surface area contributed by atoms with Gasteiger partial charge in [-0.3, -0.25) is 0 Å². The minimum absolute atomic E-state index is 0.753. The number of hydrogen-bond acceptors (Lipinski definition) is 3. The third-order valence-electron chi connectivity index (χ3n) is 2.05. The molecule has 0 aliphatic carbocycles. The molecular weight excluding hydrogens is 206 g/mol. The Morgan fingerprint density at radius 1 is 1.27 bits per heavy atom. The van der Waals surface area contributed by atoms with Crippen LogP contribution in [0.25, 0.3) is 0 Å². The van der Waals surface area contributed by atoms with Gasteiger partial charge in [0.2, 0.25) is 0 Å². The van der Waals surface area contributed by atoms with E-state index in [-0.39, 0.29) is 0 Å². The molecule has 0 amide bonds. The van der Waals surface area contributed by atoms with Crippen LogP contribution >= 0.6 is 12.6 Å². The Morgan fingerprint density at radius 3 is 2.00 bits per heavy atom. The minimum atomic E-state index is 0.753. The van der Waals surface area contributed by atoms with E-state index in [9.17, 15) is 0 Å². The number of nitrogens with zero attached hydrogens (tertiary/aromatic N) is 1. The molecule has 3 heteroatoms. The van der Waals surface area contributed by atoms with Gasteiger partial charge in [0.15, 0.2) is 5.09 Å². The van der Waals surface area contributed by atoms with Crippen LogP contribution in [0.15, 0.2) is 10.8 Å². The Hall–Kier alpha value is -0.310. The fourth-order valence-corrected chi connectivity index (χ4v) is 0.977. The molecule has 0 N–H and O–H groups in total. The Morgan fingerprint density at radius 2 is 1.73 bits per heavy atom. The van der Waals surface area contributed by atoms with E-state index in [0.29, 0.717) is 0 Å². The lowest BCUT2D eigenvalue weighted by Gasteiger charge is -2.26.